The lowest BCUT2D eigenvalue weighted by atomic mass is 10.2. The predicted molar refractivity (Wildman–Crippen MR) is 83.6 cm³/mol. The fourth-order valence-corrected chi connectivity index (χ4v) is 3.90. The van der Waals surface area contributed by atoms with E-state index in [1.54, 1.807) is 16.7 Å². The first-order valence-corrected chi connectivity index (χ1v) is 9.09. The van der Waals surface area contributed by atoms with E-state index in [9.17, 15) is 9.59 Å². The quantitative estimate of drug-likeness (QED) is 0.858. The minimum absolute atomic E-state index is 0.0248. The number of aromatic amines is 1. The Hall–Kier alpha value is -1.50. The molecule has 22 heavy (non-hydrogen) atoms. The molecule has 0 radical (unpaired) electrons. The van der Waals surface area contributed by atoms with Gasteiger partial charge in [-0.15, -0.1) is 11.8 Å². The lowest BCUT2D eigenvalue weighted by molar-refractivity contribution is -0.124. The van der Waals surface area contributed by atoms with Crippen molar-refractivity contribution in [1.82, 2.24) is 20.4 Å². The predicted octanol–water partition coefficient (Wildman–Crippen LogP) is 1.33. The summed E-state index contributed by atoms with van der Waals surface area (Å²) in [4.78, 5) is 26.6. The monoisotopic (exact) mass is 320 g/mol. The Labute approximate surface area is 133 Å². The van der Waals surface area contributed by atoms with Crippen LogP contribution in [-0.2, 0) is 4.79 Å². The van der Waals surface area contributed by atoms with Crippen LogP contribution in [0.15, 0.2) is 6.07 Å². The molecule has 2 saturated carbocycles. The number of H-pyrrole nitrogens is 1. The summed E-state index contributed by atoms with van der Waals surface area (Å²) < 4.78 is 0. The van der Waals surface area contributed by atoms with Crippen molar-refractivity contribution in [1.29, 1.82) is 0 Å². The molecule has 3 aliphatic rings. The van der Waals surface area contributed by atoms with Gasteiger partial charge < -0.3 is 10.2 Å². The van der Waals surface area contributed by atoms with Crippen molar-refractivity contribution >= 4 is 23.6 Å². The third-order valence-corrected chi connectivity index (χ3v) is 5.55. The number of hydrogen-bond donors (Lipinski definition) is 2. The summed E-state index contributed by atoms with van der Waals surface area (Å²) in [5.41, 5.74) is 1.48. The molecule has 2 N–H and O–H groups in total. The van der Waals surface area contributed by atoms with Gasteiger partial charge in [-0.2, -0.15) is 5.10 Å². The molecule has 2 heterocycles. The summed E-state index contributed by atoms with van der Waals surface area (Å²) in [5.74, 6) is 2.26. The third kappa shape index (κ3) is 2.86. The maximum Gasteiger partial charge on any atom is 0.275 e. The standard InChI is InChI=1S/C15H20N4O2S/c20-14(16-6-9-1-2-9)13-7-22-8-19(13)15(21)12-5-11(17-18-12)10-3-4-10/h5,9-10,13H,1-4,6-8H2,(H,16,20)(H,17,18)/t13-/m0/s1. The van der Waals surface area contributed by atoms with Crippen molar-refractivity contribution in [3.63, 3.8) is 0 Å². The molecule has 1 aromatic rings. The number of hydrogen-bond acceptors (Lipinski definition) is 4. The number of rotatable bonds is 5. The molecule has 2 amide bonds. The molecule has 7 heteroatoms. The van der Waals surface area contributed by atoms with E-state index in [-0.39, 0.29) is 17.9 Å². The summed E-state index contributed by atoms with van der Waals surface area (Å²) in [6.45, 7) is 0.746. The van der Waals surface area contributed by atoms with Crippen molar-refractivity contribution in [3.05, 3.63) is 17.5 Å². The zero-order valence-corrected chi connectivity index (χ0v) is 13.2. The molecule has 0 spiro atoms. The van der Waals surface area contributed by atoms with E-state index in [4.69, 9.17) is 0 Å². The van der Waals surface area contributed by atoms with E-state index in [2.05, 4.69) is 15.5 Å². The first-order chi connectivity index (χ1) is 10.7. The number of carbonyl (C=O) groups excluding carboxylic acids is 2. The summed E-state index contributed by atoms with van der Waals surface area (Å²) in [7, 11) is 0. The van der Waals surface area contributed by atoms with Crippen molar-refractivity contribution in [2.75, 3.05) is 18.2 Å². The van der Waals surface area contributed by atoms with Crippen molar-refractivity contribution in [2.24, 2.45) is 5.92 Å². The van der Waals surface area contributed by atoms with Crippen LogP contribution in [0.5, 0.6) is 0 Å². The van der Waals surface area contributed by atoms with Gasteiger partial charge in [0.25, 0.3) is 5.91 Å². The van der Waals surface area contributed by atoms with Gasteiger partial charge >= 0.3 is 0 Å². The maximum atomic E-state index is 12.6. The Balaban J connectivity index is 1.42. The first-order valence-electron chi connectivity index (χ1n) is 7.94. The number of aromatic nitrogens is 2. The second-order valence-corrected chi connectivity index (χ2v) is 7.46. The fraction of sp³-hybridized carbons (Fsp3) is 0.667. The van der Waals surface area contributed by atoms with Crippen molar-refractivity contribution < 1.29 is 9.59 Å². The molecule has 0 unspecified atom stereocenters. The van der Waals surface area contributed by atoms with Gasteiger partial charge in [-0.25, -0.2) is 0 Å². The van der Waals surface area contributed by atoms with E-state index in [1.807, 2.05) is 6.07 Å². The van der Waals surface area contributed by atoms with E-state index in [0.29, 0.717) is 29.2 Å². The molecular formula is C15H20N4O2S. The van der Waals surface area contributed by atoms with Gasteiger partial charge in [0, 0.05) is 23.9 Å². The number of amides is 2. The number of thioether (sulfide) groups is 1. The Morgan fingerprint density at radius 3 is 2.91 bits per heavy atom. The molecule has 118 valence electrons. The SMILES string of the molecule is O=C(NCC1CC1)[C@@H]1CSCN1C(=O)c1cc(C2CC2)[nH]n1. The third-order valence-electron chi connectivity index (χ3n) is 4.54. The summed E-state index contributed by atoms with van der Waals surface area (Å²) in [5, 5.41) is 10.1. The molecule has 1 saturated heterocycles. The number of nitrogens with one attached hydrogen (secondary N) is 2. The normalized spacial score (nSPS) is 24.5. The molecule has 1 atom stereocenters. The lowest BCUT2D eigenvalue weighted by Gasteiger charge is -2.22. The summed E-state index contributed by atoms with van der Waals surface area (Å²) in [6.07, 6.45) is 4.75. The molecule has 4 rings (SSSR count). The average Bonchev–Trinajstić information content (AvgIpc) is 3.45. The minimum atomic E-state index is -0.364. The molecule has 0 aromatic carbocycles. The van der Waals surface area contributed by atoms with Gasteiger partial charge in [-0.05, 0) is 37.7 Å². The molecule has 3 fully saturated rings. The van der Waals surface area contributed by atoms with Crippen molar-refractivity contribution in [3.8, 4) is 0 Å². The average molecular weight is 320 g/mol. The molecular weight excluding hydrogens is 300 g/mol. The van der Waals surface area contributed by atoms with Crippen LogP contribution in [0.4, 0.5) is 0 Å². The van der Waals surface area contributed by atoms with Crippen LogP contribution < -0.4 is 5.32 Å². The van der Waals surface area contributed by atoms with Gasteiger partial charge in [0.15, 0.2) is 0 Å². The van der Waals surface area contributed by atoms with Gasteiger partial charge in [-0.3, -0.25) is 14.7 Å². The Bertz CT molecular complexity index is 594. The highest BCUT2D eigenvalue weighted by atomic mass is 32.2. The highest BCUT2D eigenvalue weighted by molar-refractivity contribution is 7.99. The minimum Gasteiger partial charge on any atom is -0.354 e. The molecule has 1 aromatic heterocycles. The summed E-state index contributed by atoms with van der Waals surface area (Å²) >= 11 is 1.62. The first kappa shape index (κ1) is 14.1. The van der Waals surface area contributed by atoms with Crippen LogP contribution in [0.3, 0.4) is 0 Å². The molecule has 2 aliphatic carbocycles. The fourth-order valence-electron chi connectivity index (χ4n) is 2.74. The Kier molecular flexibility index (Phi) is 3.60. The largest absolute Gasteiger partial charge is 0.354 e. The molecule has 1 aliphatic heterocycles. The van der Waals surface area contributed by atoms with Gasteiger partial charge in [0.1, 0.15) is 11.7 Å². The number of carbonyl (C=O) groups is 2. The lowest BCUT2D eigenvalue weighted by Crippen LogP contribution is -2.47. The second kappa shape index (κ2) is 5.61. The van der Waals surface area contributed by atoms with Gasteiger partial charge in [-0.1, -0.05) is 0 Å². The zero-order chi connectivity index (χ0) is 15.1. The van der Waals surface area contributed by atoms with Crippen LogP contribution in [0, 0.1) is 5.92 Å². The number of nitrogens with zero attached hydrogens (tertiary/aromatic N) is 2. The van der Waals surface area contributed by atoms with Gasteiger partial charge in [0.05, 0.1) is 5.88 Å². The summed E-state index contributed by atoms with van der Waals surface area (Å²) in [6, 6.07) is 1.49. The van der Waals surface area contributed by atoms with E-state index in [1.165, 1.54) is 25.7 Å². The topological polar surface area (TPSA) is 78.1 Å². The second-order valence-electron chi connectivity index (χ2n) is 6.46. The van der Waals surface area contributed by atoms with E-state index < -0.39 is 0 Å². The van der Waals surface area contributed by atoms with Crippen LogP contribution in [0.2, 0.25) is 0 Å². The molecule has 6 nitrogen and oxygen atoms in total. The smallest absolute Gasteiger partial charge is 0.275 e. The van der Waals surface area contributed by atoms with Crippen LogP contribution >= 0.6 is 11.8 Å². The Morgan fingerprint density at radius 1 is 1.36 bits per heavy atom. The van der Waals surface area contributed by atoms with Crippen LogP contribution in [-0.4, -0.2) is 51.1 Å². The van der Waals surface area contributed by atoms with Crippen molar-refractivity contribution in [2.45, 2.75) is 37.6 Å². The highest BCUT2D eigenvalue weighted by Gasteiger charge is 2.37. The highest BCUT2D eigenvalue weighted by Crippen LogP contribution is 2.39. The van der Waals surface area contributed by atoms with Crippen LogP contribution in [0.25, 0.3) is 0 Å². The zero-order valence-electron chi connectivity index (χ0n) is 12.4. The van der Waals surface area contributed by atoms with Crippen LogP contribution in [0.1, 0.15) is 47.8 Å². The van der Waals surface area contributed by atoms with E-state index >= 15 is 0 Å². The van der Waals surface area contributed by atoms with Gasteiger partial charge in [0.2, 0.25) is 5.91 Å². The molecule has 0 bridgehead atoms. The Morgan fingerprint density at radius 2 is 2.18 bits per heavy atom. The van der Waals surface area contributed by atoms with E-state index in [0.717, 1.165) is 12.2 Å². The maximum absolute atomic E-state index is 12.6.